The van der Waals surface area contributed by atoms with Crippen molar-refractivity contribution in [2.24, 2.45) is 5.41 Å². The van der Waals surface area contributed by atoms with E-state index in [0.717, 1.165) is 0 Å². The van der Waals surface area contributed by atoms with E-state index >= 15 is 0 Å². The van der Waals surface area contributed by atoms with E-state index in [1.54, 1.807) is 18.2 Å². The average molecular weight is 150 g/mol. The summed E-state index contributed by atoms with van der Waals surface area (Å²) in [7, 11) is 0. The van der Waals surface area contributed by atoms with Crippen LogP contribution in [0.2, 0.25) is 0 Å². The van der Waals surface area contributed by atoms with E-state index in [1.807, 2.05) is 0 Å². The van der Waals surface area contributed by atoms with Crippen LogP contribution >= 0.6 is 0 Å². The lowest BCUT2D eigenvalue weighted by Gasteiger charge is -2.13. The Kier molecular flexibility index (Phi) is 0.990. The number of allylic oxidation sites excluding steroid dienone is 2. The quantitative estimate of drug-likeness (QED) is 0.607. The first-order valence-electron chi connectivity index (χ1n) is 3.23. The van der Waals surface area contributed by atoms with Crippen molar-refractivity contribution >= 4 is 5.97 Å². The number of carboxylic acid groups (broad SMARTS) is 1. The van der Waals surface area contributed by atoms with E-state index in [1.165, 1.54) is 12.3 Å². The lowest BCUT2D eigenvalue weighted by atomic mass is 9.90. The number of fused-ring (bicyclic) bond motifs is 1. The molecule has 1 unspecified atom stereocenters. The first-order valence-corrected chi connectivity index (χ1v) is 3.23. The van der Waals surface area contributed by atoms with E-state index < -0.39 is 11.4 Å². The maximum absolute atomic E-state index is 10.8. The summed E-state index contributed by atoms with van der Waals surface area (Å²) in [6, 6.07) is 0. The van der Waals surface area contributed by atoms with Crippen molar-refractivity contribution < 1.29 is 14.6 Å². The van der Waals surface area contributed by atoms with Gasteiger partial charge in [-0.1, -0.05) is 12.2 Å². The van der Waals surface area contributed by atoms with E-state index in [-0.39, 0.29) is 0 Å². The van der Waals surface area contributed by atoms with Gasteiger partial charge in [0.05, 0.1) is 6.26 Å². The Morgan fingerprint density at radius 2 is 2.36 bits per heavy atom. The van der Waals surface area contributed by atoms with Crippen LogP contribution in [-0.4, -0.2) is 11.1 Å². The molecule has 0 aromatic rings. The van der Waals surface area contributed by atoms with Gasteiger partial charge >= 0.3 is 5.97 Å². The van der Waals surface area contributed by atoms with Gasteiger partial charge in [-0.05, 0) is 12.2 Å². The minimum absolute atomic E-state index is 0.477. The third-order valence-corrected chi connectivity index (χ3v) is 1.89. The molecule has 3 heteroatoms. The number of aliphatic carboxylic acids is 1. The molecule has 0 radical (unpaired) electrons. The predicted octanol–water partition coefficient (Wildman–Crippen LogP) is 1.06. The van der Waals surface area contributed by atoms with Crippen molar-refractivity contribution in [3.8, 4) is 0 Å². The van der Waals surface area contributed by atoms with Crippen LogP contribution in [0.4, 0.5) is 0 Å². The molecule has 1 aliphatic carbocycles. The number of hydrogen-bond donors (Lipinski definition) is 1. The Hall–Kier alpha value is -1.51. The van der Waals surface area contributed by atoms with Gasteiger partial charge in [0.25, 0.3) is 0 Å². The summed E-state index contributed by atoms with van der Waals surface area (Å²) >= 11 is 0. The van der Waals surface area contributed by atoms with Gasteiger partial charge in [-0.15, -0.1) is 0 Å². The molecule has 3 nitrogen and oxygen atoms in total. The van der Waals surface area contributed by atoms with Crippen molar-refractivity contribution in [1.82, 2.24) is 0 Å². The lowest BCUT2D eigenvalue weighted by Crippen LogP contribution is -2.24. The van der Waals surface area contributed by atoms with E-state index in [2.05, 4.69) is 0 Å². The highest BCUT2D eigenvalue weighted by Gasteiger charge is 2.44. The Morgan fingerprint density at radius 3 is 3.00 bits per heavy atom. The van der Waals surface area contributed by atoms with Crippen molar-refractivity contribution in [3.05, 3.63) is 36.3 Å². The second kappa shape index (κ2) is 1.75. The van der Waals surface area contributed by atoms with Crippen molar-refractivity contribution in [2.75, 3.05) is 0 Å². The molecule has 0 bridgehead atoms. The molecule has 0 spiro atoms. The first-order chi connectivity index (χ1) is 5.26. The highest BCUT2D eigenvalue weighted by molar-refractivity contribution is 5.85. The van der Waals surface area contributed by atoms with Crippen LogP contribution in [0.3, 0.4) is 0 Å². The van der Waals surface area contributed by atoms with Gasteiger partial charge in [0.1, 0.15) is 5.76 Å². The minimum atomic E-state index is -1.00. The molecule has 0 saturated heterocycles. The highest BCUT2D eigenvalue weighted by Crippen LogP contribution is 2.40. The fourth-order valence-electron chi connectivity index (χ4n) is 1.24. The number of rotatable bonds is 1. The molecule has 0 aromatic carbocycles. The van der Waals surface area contributed by atoms with Gasteiger partial charge in [0.2, 0.25) is 0 Å². The third-order valence-electron chi connectivity index (χ3n) is 1.89. The molecule has 0 amide bonds. The zero-order valence-electron chi connectivity index (χ0n) is 5.65. The number of carbonyl (C=O) groups is 1. The molecule has 0 aromatic heterocycles. The Morgan fingerprint density at radius 1 is 1.55 bits per heavy atom. The highest BCUT2D eigenvalue weighted by atomic mass is 16.5. The number of ether oxygens (including phenoxy) is 1. The van der Waals surface area contributed by atoms with Gasteiger partial charge < -0.3 is 9.84 Å². The van der Waals surface area contributed by atoms with Crippen molar-refractivity contribution in [2.45, 2.75) is 0 Å². The molecular formula is C8H6O3. The van der Waals surface area contributed by atoms with Gasteiger partial charge in [-0.3, -0.25) is 4.79 Å². The van der Waals surface area contributed by atoms with Crippen LogP contribution in [0.1, 0.15) is 0 Å². The van der Waals surface area contributed by atoms with Crippen molar-refractivity contribution in [1.29, 1.82) is 0 Å². The summed E-state index contributed by atoms with van der Waals surface area (Å²) in [4.78, 5) is 10.8. The zero-order chi connectivity index (χ0) is 7.90. The molecule has 1 aliphatic heterocycles. The lowest BCUT2D eigenvalue weighted by molar-refractivity contribution is -0.142. The Labute approximate surface area is 63.3 Å². The molecule has 0 fully saturated rings. The van der Waals surface area contributed by atoms with Gasteiger partial charge in [0.15, 0.2) is 5.41 Å². The van der Waals surface area contributed by atoms with Crippen LogP contribution < -0.4 is 0 Å². The first kappa shape index (κ1) is 6.22. The number of hydrogen-bond acceptors (Lipinski definition) is 2. The summed E-state index contributed by atoms with van der Waals surface area (Å²) in [5.74, 6) is -0.420. The molecule has 2 rings (SSSR count). The molecular weight excluding hydrogens is 144 g/mol. The minimum Gasteiger partial charge on any atom is -0.480 e. The topological polar surface area (TPSA) is 46.5 Å². The summed E-state index contributed by atoms with van der Waals surface area (Å²) < 4.78 is 4.98. The second-order valence-corrected chi connectivity index (χ2v) is 2.48. The average Bonchev–Trinajstić information content (AvgIpc) is 2.40. The molecule has 11 heavy (non-hydrogen) atoms. The van der Waals surface area contributed by atoms with Crippen LogP contribution in [0.25, 0.3) is 0 Å². The fourth-order valence-corrected chi connectivity index (χ4v) is 1.24. The third kappa shape index (κ3) is 0.596. The van der Waals surface area contributed by atoms with Crippen LogP contribution in [0.5, 0.6) is 0 Å². The van der Waals surface area contributed by atoms with Crippen LogP contribution in [0.15, 0.2) is 36.3 Å². The van der Waals surface area contributed by atoms with E-state index in [0.29, 0.717) is 5.76 Å². The second-order valence-electron chi connectivity index (χ2n) is 2.48. The maximum Gasteiger partial charge on any atom is 0.325 e. The summed E-state index contributed by atoms with van der Waals surface area (Å²) in [6.07, 6.45) is 7.89. The van der Waals surface area contributed by atoms with Gasteiger partial charge in [0, 0.05) is 0 Å². The standard InChI is InChI=1S/C8H6O3/c9-7(10)8-3-1-2-6(8)11-5-4-8/h1-5H,(H,9,10). The summed E-state index contributed by atoms with van der Waals surface area (Å²) in [6.45, 7) is 0. The fraction of sp³-hybridized carbons (Fsp3) is 0.125. The van der Waals surface area contributed by atoms with Crippen LogP contribution in [-0.2, 0) is 9.53 Å². The van der Waals surface area contributed by atoms with Crippen molar-refractivity contribution in [3.63, 3.8) is 0 Å². The molecule has 2 aliphatic rings. The van der Waals surface area contributed by atoms with Gasteiger partial charge in [-0.2, -0.15) is 0 Å². The number of carboxylic acids is 1. The van der Waals surface area contributed by atoms with E-state index in [9.17, 15) is 4.79 Å². The molecule has 1 heterocycles. The Bertz CT molecular complexity index is 298. The predicted molar refractivity (Wildman–Crippen MR) is 37.5 cm³/mol. The molecule has 56 valence electrons. The van der Waals surface area contributed by atoms with Gasteiger partial charge in [-0.25, -0.2) is 0 Å². The Balaban J connectivity index is 2.51. The summed E-state index contributed by atoms with van der Waals surface area (Å²) in [5.41, 5.74) is -1.00. The zero-order valence-corrected chi connectivity index (χ0v) is 5.65. The van der Waals surface area contributed by atoms with Crippen LogP contribution in [0, 0.1) is 5.41 Å². The molecule has 0 saturated carbocycles. The normalized spacial score (nSPS) is 31.5. The SMILES string of the molecule is O=C(O)C12C=CC=C1OC=C2. The smallest absolute Gasteiger partial charge is 0.325 e. The molecule has 1 N–H and O–H groups in total. The monoisotopic (exact) mass is 150 g/mol. The largest absolute Gasteiger partial charge is 0.480 e. The summed E-state index contributed by atoms with van der Waals surface area (Å²) in [5, 5.41) is 8.85. The molecule has 1 atom stereocenters. The van der Waals surface area contributed by atoms with E-state index in [4.69, 9.17) is 9.84 Å². The maximum atomic E-state index is 10.8.